The first-order valence-electron chi connectivity index (χ1n) is 7.19. The first kappa shape index (κ1) is 20.1. The molecular weight excluding hydrogens is 349 g/mol. The van der Waals surface area contributed by atoms with Crippen molar-refractivity contribution in [2.45, 2.75) is 36.4 Å². The number of thioether (sulfide) groups is 1. The van der Waals surface area contributed by atoms with Gasteiger partial charge >= 0.3 is 6.18 Å². The smallest absolute Gasteiger partial charge is 0.352 e. The predicted octanol–water partition coefficient (Wildman–Crippen LogP) is 3.46. The van der Waals surface area contributed by atoms with Gasteiger partial charge in [-0.05, 0) is 43.5 Å². The molecule has 3 N–H and O–H groups in total. The van der Waals surface area contributed by atoms with E-state index in [4.69, 9.17) is 5.73 Å². The van der Waals surface area contributed by atoms with Crippen LogP contribution in [-0.4, -0.2) is 24.2 Å². The Kier molecular flexibility index (Phi) is 7.70. The third-order valence-electron chi connectivity index (χ3n) is 3.84. The van der Waals surface area contributed by atoms with Gasteiger partial charge in [0.15, 0.2) is 0 Å². The number of nitrogens with one attached hydrogen (secondary N) is 1. The SMILES string of the molecule is Cl.NCC1CCCC1NC(=O)CSc1cccc(C(F)(F)F)c1. The van der Waals surface area contributed by atoms with Crippen molar-refractivity contribution in [1.82, 2.24) is 5.32 Å². The van der Waals surface area contributed by atoms with Gasteiger partial charge in [0.05, 0.1) is 11.3 Å². The number of amides is 1. The fourth-order valence-electron chi connectivity index (χ4n) is 2.67. The standard InChI is InChI=1S/C15H19F3N2OS.ClH/c16-15(17,18)11-4-2-5-12(7-11)22-9-14(21)20-13-6-1-3-10(13)8-19;/h2,4-5,7,10,13H,1,3,6,8-9,19H2,(H,20,21);1H. The fourth-order valence-corrected chi connectivity index (χ4v) is 3.43. The van der Waals surface area contributed by atoms with E-state index in [1.54, 1.807) is 6.07 Å². The van der Waals surface area contributed by atoms with E-state index in [9.17, 15) is 18.0 Å². The topological polar surface area (TPSA) is 55.1 Å². The van der Waals surface area contributed by atoms with Crippen LogP contribution in [0, 0.1) is 5.92 Å². The van der Waals surface area contributed by atoms with Crippen molar-refractivity contribution < 1.29 is 18.0 Å². The Morgan fingerprint density at radius 3 is 2.74 bits per heavy atom. The Morgan fingerprint density at radius 2 is 2.09 bits per heavy atom. The summed E-state index contributed by atoms with van der Waals surface area (Å²) in [6.45, 7) is 0.547. The van der Waals surface area contributed by atoms with Gasteiger partial charge in [-0.1, -0.05) is 12.5 Å². The second kappa shape index (κ2) is 8.80. The minimum absolute atomic E-state index is 0. The van der Waals surface area contributed by atoms with Crippen LogP contribution >= 0.6 is 24.2 Å². The highest BCUT2D eigenvalue weighted by molar-refractivity contribution is 8.00. The van der Waals surface area contributed by atoms with Gasteiger partial charge in [-0.3, -0.25) is 4.79 Å². The van der Waals surface area contributed by atoms with Crippen LogP contribution in [0.3, 0.4) is 0 Å². The van der Waals surface area contributed by atoms with Crippen LogP contribution in [0.15, 0.2) is 29.2 Å². The molecule has 8 heteroatoms. The molecule has 0 radical (unpaired) electrons. The maximum absolute atomic E-state index is 12.6. The van der Waals surface area contributed by atoms with Crippen LogP contribution in [0.2, 0.25) is 0 Å². The maximum atomic E-state index is 12.6. The molecule has 0 aliphatic heterocycles. The lowest BCUT2D eigenvalue weighted by Crippen LogP contribution is -2.40. The van der Waals surface area contributed by atoms with Crippen molar-refractivity contribution in [1.29, 1.82) is 0 Å². The second-order valence-electron chi connectivity index (χ2n) is 5.41. The molecule has 1 aliphatic carbocycles. The third kappa shape index (κ3) is 5.90. The number of alkyl halides is 3. The van der Waals surface area contributed by atoms with Gasteiger partial charge in [-0.25, -0.2) is 0 Å². The molecule has 130 valence electrons. The molecule has 1 aromatic rings. The summed E-state index contributed by atoms with van der Waals surface area (Å²) in [5, 5.41) is 2.93. The second-order valence-corrected chi connectivity index (χ2v) is 6.46. The van der Waals surface area contributed by atoms with Crippen molar-refractivity contribution >= 4 is 30.1 Å². The highest BCUT2D eigenvalue weighted by Crippen LogP contribution is 2.32. The largest absolute Gasteiger partial charge is 0.416 e. The van der Waals surface area contributed by atoms with Crippen molar-refractivity contribution in [3.05, 3.63) is 29.8 Å². The molecule has 0 heterocycles. The van der Waals surface area contributed by atoms with Crippen LogP contribution in [0.4, 0.5) is 13.2 Å². The van der Waals surface area contributed by atoms with E-state index in [0.29, 0.717) is 17.4 Å². The monoisotopic (exact) mass is 368 g/mol. The van der Waals surface area contributed by atoms with Gasteiger partial charge < -0.3 is 11.1 Å². The molecule has 3 nitrogen and oxygen atoms in total. The summed E-state index contributed by atoms with van der Waals surface area (Å²) >= 11 is 1.11. The van der Waals surface area contributed by atoms with E-state index in [1.807, 2.05) is 0 Å². The van der Waals surface area contributed by atoms with Gasteiger partial charge in [0.2, 0.25) is 5.91 Å². The zero-order valence-electron chi connectivity index (χ0n) is 12.4. The van der Waals surface area contributed by atoms with E-state index < -0.39 is 11.7 Å². The molecule has 0 saturated heterocycles. The lowest BCUT2D eigenvalue weighted by molar-refractivity contribution is -0.137. The first-order valence-corrected chi connectivity index (χ1v) is 8.18. The zero-order chi connectivity index (χ0) is 16.2. The van der Waals surface area contributed by atoms with Gasteiger partial charge in [-0.15, -0.1) is 24.2 Å². The highest BCUT2D eigenvalue weighted by Gasteiger charge is 2.30. The quantitative estimate of drug-likeness (QED) is 0.782. The third-order valence-corrected chi connectivity index (χ3v) is 4.83. The van der Waals surface area contributed by atoms with E-state index in [-0.39, 0.29) is 30.1 Å². The van der Waals surface area contributed by atoms with Crippen LogP contribution in [0.25, 0.3) is 0 Å². The summed E-state index contributed by atoms with van der Waals surface area (Å²) in [6.07, 6.45) is -1.38. The summed E-state index contributed by atoms with van der Waals surface area (Å²) in [6, 6.07) is 5.11. The average Bonchev–Trinajstić information content (AvgIpc) is 2.91. The van der Waals surface area contributed by atoms with Crippen molar-refractivity contribution in [3.63, 3.8) is 0 Å². The maximum Gasteiger partial charge on any atom is 0.416 e. The molecule has 1 aromatic carbocycles. The number of halogens is 4. The van der Waals surface area contributed by atoms with Gasteiger partial charge in [-0.2, -0.15) is 13.2 Å². The number of carbonyl (C=O) groups is 1. The van der Waals surface area contributed by atoms with Gasteiger partial charge in [0.1, 0.15) is 0 Å². The summed E-state index contributed by atoms with van der Waals surface area (Å²) in [7, 11) is 0. The number of rotatable bonds is 5. The first-order chi connectivity index (χ1) is 10.4. The minimum atomic E-state index is -4.36. The Morgan fingerprint density at radius 1 is 1.35 bits per heavy atom. The average molecular weight is 369 g/mol. The number of benzene rings is 1. The van der Waals surface area contributed by atoms with Crippen molar-refractivity contribution in [3.8, 4) is 0 Å². The van der Waals surface area contributed by atoms with E-state index in [2.05, 4.69) is 5.32 Å². The summed E-state index contributed by atoms with van der Waals surface area (Å²) in [5.74, 6) is 0.255. The van der Waals surface area contributed by atoms with Crippen molar-refractivity contribution in [2.24, 2.45) is 11.7 Å². The lowest BCUT2D eigenvalue weighted by Gasteiger charge is -2.19. The Labute approximate surface area is 144 Å². The molecule has 1 saturated carbocycles. The molecule has 1 amide bonds. The number of hydrogen-bond acceptors (Lipinski definition) is 3. The molecule has 0 bridgehead atoms. The van der Waals surface area contributed by atoms with E-state index in [0.717, 1.165) is 43.2 Å². The Balaban J connectivity index is 0.00000264. The molecule has 0 aromatic heterocycles. The summed E-state index contributed by atoms with van der Waals surface area (Å²) < 4.78 is 37.9. The van der Waals surface area contributed by atoms with Crippen LogP contribution in [-0.2, 0) is 11.0 Å². The number of carbonyl (C=O) groups excluding carboxylic acids is 1. The molecule has 2 rings (SSSR count). The number of nitrogens with two attached hydrogens (primary N) is 1. The van der Waals surface area contributed by atoms with Crippen molar-refractivity contribution in [2.75, 3.05) is 12.3 Å². The Bertz CT molecular complexity index is 528. The molecule has 1 fully saturated rings. The Hall–Kier alpha value is -0.920. The van der Waals surface area contributed by atoms with E-state index in [1.165, 1.54) is 6.07 Å². The minimum Gasteiger partial charge on any atom is -0.352 e. The normalized spacial score (nSPS) is 20.9. The number of hydrogen-bond donors (Lipinski definition) is 2. The predicted molar refractivity (Wildman–Crippen MR) is 87.7 cm³/mol. The molecule has 0 spiro atoms. The lowest BCUT2D eigenvalue weighted by atomic mass is 10.0. The van der Waals surface area contributed by atoms with Gasteiger partial charge in [0, 0.05) is 10.9 Å². The fraction of sp³-hybridized carbons (Fsp3) is 0.533. The highest BCUT2D eigenvalue weighted by atomic mass is 35.5. The molecule has 2 unspecified atom stereocenters. The van der Waals surface area contributed by atoms with E-state index >= 15 is 0 Å². The molecule has 1 aliphatic rings. The van der Waals surface area contributed by atoms with Crippen LogP contribution in [0.1, 0.15) is 24.8 Å². The zero-order valence-corrected chi connectivity index (χ0v) is 14.1. The van der Waals surface area contributed by atoms with Crippen LogP contribution in [0.5, 0.6) is 0 Å². The van der Waals surface area contributed by atoms with Crippen LogP contribution < -0.4 is 11.1 Å². The summed E-state index contributed by atoms with van der Waals surface area (Å²) in [4.78, 5) is 12.4. The summed E-state index contributed by atoms with van der Waals surface area (Å²) in [5.41, 5.74) is 4.96. The molecule has 23 heavy (non-hydrogen) atoms. The molecule has 2 atom stereocenters. The molecular formula is C15H20ClF3N2OS. The van der Waals surface area contributed by atoms with Gasteiger partial charge in [0.25, 0.3) is 0 Å².